The molecule has 0 aliphatic heterocycles. The fraction of sp³-hybridized carbons (Fsp3) is 0.0588. The van der Waals surface area contributed by atoms with Crippen LogP contribution in [-0.4, -0.2) is 10.9 Å². The molecule has 3 rings (SSSR count). The van der Waals surface area contributed by atoms with Crippen LogP contribution in [0.5, 0.6) is 0 Å². The standard InChI is InChI=1S/C17H14ClN3OS/c1-11(22)19-14-4-2-3-5-15(14)20-17-21-16(10-23-17)12-6-8-13(18)9-7-12/h2-10H,1H3,(H,19,22)(H,20,21). The van der Waals surface area contributed by atoms with E-state index in [0.717, 1.165) is 27.8 Å². The Morgan fingerprint density at radius 2 is 1.78 bits per heavy atom. The molecule has 1 amide bonds. The average molecular weight is 344 g/mol. The zero-order valence-corrected chi connectivity index (χ0v) is 13.9. The largest absolute Gasteiger partial charge is 0.330 e. The van der Waals surface area contributed by atoms with Crippen LogP contribution in [0.1, 0.15) is 6.92 Å². The lowest BCUT2D eigenvalue weighted by atomic mass is 10.2. The van der Waals surface area contributed by atoms with Gasteiger partial charge >= 0.3 is 0 Å². The van der Waals surface area contributed by atoms with Crippen LogP contribution >= 0.6 is 22.9 Å². The maximum absolute atomic E-state index is 11.3. The predicted molar refractivity (Wildman–Crippen MR) is 96.6 cm³/mol. The van der Waals surface area contributed by atoms with Gasteiger partial charge in [-0.15, -0.1) is 11.3 Å². The first-order chi connectivity index (χ1) is 11.1. The SMILES string of the molecule is CC(=O)Nc1ccccc1Nc1nc(-c2ccc(Cl)cc2)cs1. The smallest absolute Gasteiger partial charge is 0.221 e. The first kappa shape index (κ1) is 15.5. The number of nitrogens with one attached hydrogen (secondary N) is 2. The molecule has 0 atom stereocenters. The maximum atomic E-state index is 11.3. The number of halogens is 1. The summed E-state index contributed by atoms with van der Waals surface area (Å²) in [5.41, 5.74) is 3.42. The highest BCUT2D eigenvalue weighted by molar-refractivity contribution is 7.14. The van der Waals surface area contributed by atoms with Crippen LogP contribution in [-0.2, 0) is 4.79 Å². The van der Waals surface area contributed by atoms with Crippen LogP contribution < -0.4 is 10.6 Å². The van der Waals surface area contributed by atoms with Crippen molar-refractivity contribution < 1.29 is 4.79 Å². The van der Waals surface area contributed by atoms with Crippen molar-refractivity contribution in [2.45, 2.75) is 6.92 Å². The van der Waals surface area contributed by atoms with Crippen molar-refractivity contribution >= 4 is 45.4 Å². The Labute approximate surface area is 143 Å². The van der Waals surface area contributed by atoms with Crippen LogP contribution in [0.25, 0.3) is 11.3 Å². The molecule has 0 aliphatic carbocycles. The molecule has 23 heavy (non-hydrogen) atoms. The zero-order valence-electron chi connectivity index (χ0n) is 12.3. The summed E-state index contributed by atoms with van der Waals surface area (Å²) >= 11 is 7.41. The van der Waals surface area contributed by atoms with Crippen molar-refractivity contribution in [2.75, 3.05) is 10.6 Å². The molecule has 0 saturated carbocycles. The summed E-state index contributed by atoms with van der Waals surface area (Å²) in [6.45, 7) is 1.48. The molecule has 0 saturated heterocycles. The predicted octanol–water partition coefficient (Wildman–Crippen LogP) is 5.17. The van der Waals surface area contributed by atoms with Crippen LogP contribution in [0.2, 0.25) is 5.02 Å². The van der Waals surface area contributed by atoms with E-state index in [4.69, 9.17) is 11.6 Å². The Hall–Kier alpha value is -2.37. The van der Waals surface area contributed by atoms with E-state index in [0.29, 0.717) is 5.02 Å². The van der Waals surface area contributed by atoms with Gasteiger partial charge in [-0.3, -0.25) is 4.79 Å². The fourth-order valence-electron chi connectivity index (χ4n) is 2.09. The first-order valence-electron chi connectivity index (χ1n) is 6.97. The van der Waals surface area contributed by atoms with E-state index in [9.17, 15) is 4.79 Å². The van der Waals surface area contributed by atoms with Gasteiger partial charge in [0.1, 0.15) is 0 Å². The monoisotopic (exact) mass is 343 g/mol. The summed E-state index contributed by atoms with van der Waals surface area (Å²) in [7, 11) is 0. The van der Waals surface area contributed by atoms with E-state index >= 15 is 0 Å². The number of hydrogen-bond donors (Lipinski definition) is 2. The number of benzene rings is 2. The quantitative estimate of drug-likeness (QED) is 0.687. The van der Waals surface area contributed by atoms with Crippen molar-refractivity contribution in [3.8, 4) is 11.3 Å². The van der Waals surface area contributed by atoms with Crippen LogP contribution in [0.3, 0.4) is 0 Å². The van der Waals surface area contributed by atoms with Gasteiger partial charge in [0.15, 0.2) is 5.13 Å². The first-order valence-corrected chi connectivity index (χ1v) is 8.23. The van der Waals surface area contributed by atoms with Gasteiger partial charge in [0, 0.05) is 22.9 Å². The normalized spacial score (nSPS) is 10.3. The third-order valence-corrected chi connectivity index (χ3v) is 4.13. The van der Waals surface area contributed by atoms with E-state index in [1.54, 1.807) is 0 Å². The maximum Gasteiger partial charge on any atom is 0.221 e. The van der Waals surface area contributed by atoms with E-state index in [2.05, 4.69) is 15.6 Å². The number of hydrogen-bond acceptors (Lipinski definition) is 4. The van der Waals surface area contributed by atoms with Crippen LogP contribution in [0.15, 0.2) is 53.9 Å². The highest BCUT2D eigenvalue weighted by atomic mass is 35.5. The van der Waals surface area contributed by atoms with Crippen molar-refractivity contribution in [3.63, 3.8) is 0 Å². The fourth-order valence-corrected chi connectivity index (χ4v) is 2.95. The number of carbonyl (C=O) groups excluding carboxylic acids is 1. The third-order valence-electron chi connectivity index (χ3n) is 3.12. The van der Waals surface area contributed by atoms with Crippen LogP contribution in [0.4, 0.5) is 16.5 Å². The average Bonchev–Trinajstić information content (AvgIpc) is 2.98. The molecule has 0 bridgehead atoms. The van der Waals surface area contributed by atoms with Crippen LogP contribution in [0, 0.1) is 0 Å². The Bertz CT molecular complexity index is 830. The second-order valence-electron chi connectivity index (χ2n) is 4.90. The van der Waals surface area contributed by atoms with Gasteiger partial charge in [-0.05, 0) is 24.3 Å². The molecule has 1 aromatic heterocycles. The molecule has 0 unspecified atom stereocenters. The zero-order chi connectivity index (χ0) is 16.2. The molecular formula is C17H14ClN3OS. The number of carbonyl (C=O) groups is 1. The molecule has 2 N–H and O–H groups in total. The summed E-state index contributed by atoms with van der Waals surface area (Å²) in [6.07, 6.45) is 0. The van der Waals surface area contributed by atoms with Gasteiger partial charge in [-0.1, -0.05) is 35.9 Å². The van der Waals surface area contributed by atoms with E-state index < -0.39 is 0 Å². The summed E-state index contributed by atoms with van der Waals surface area (Å²) < 4.78 is 0. The molecule has 3 aromatic rings. The second-order valence-corrected chi connectivity index (χ2v) is 6.19. The van der Waals surface area contributed by atoms with Crippen molar-refractivity contribution in [3.05, 3.63) is 58.9 Å². The van der Waals surface area contributed by atoms with Gasteiger partial charge < -0.3 is 10.6 Å². The lowest BCUT2D eigenvalue weighted by Gasteiger charge is -2.09. The molecule has 0 spiro atoms. The van der Waals surface area contributed by atoms with Gasteiger partial charge in [-0.25, -0.2) is 4.98 Å². The number of amides is 1. The van der Waals surface area contributed by atoms with Gasteiger partial charge in [0.25, 0.3) is 0 Å². The van der Waals surface area contributed by atoms with E-state index in [1.807, 2.05) is 53.9 Å². The molecular weight excluding hydrogens is 330 g/mol. The third kappa shape index (κ3) is 3.88. The number of thiazole rings is 1. The number of aromatic nitrogens is 1. The van der Waals surface area contributed by atoms with Gasteiger partial charge in [0.05, 0.1) is 17.1 Å². The lowest BCUT2D eigenvalue weighted by Crippen LogP contribution is -2.07. The Morgan fingerprint density at radius 3 is 2.48 bits per heavy atom. The summed E-state index contributed by atoms with van der Waals surface area (Å²) in [4.78, 5) is 15.8. The lowest BCUT2D eigenvalue weighted by molar-refractivity contribution is -0.114. The van der Waals surface area contributed by atoms with E-state index in [1.165, 1.54) is 18.3 Å². The molecule has 6 heteroatoms. The minimum Gasteiger partial charge on any atom is -0.330 e. The number of nitrogens with zero attached hydrogens (tertiary/aromatic N) is 1. The molecule has 1 heterocycles. The summed E-state index contributed by atoms with van der Waals surface area (Å²) in [5.74, 6) is -0.111. The molecule has 0 radical (unpaired) electrons. The van der Waals surface area contributed by atoms with Crippen molar-refractivity contribution in [1.29, 1.82) is 0 Å². The Morgan fingerprint density at radius 1 is 1.09 bits per heavy atom. The van der Waals surface area contributed by atoms with Crippen molar-refractivity contribution in [2.24, 2.45) is 0 Å². The van der Waals surface area contributed by atoms with Crippen molar-refractivity contribution in [1.82, 2.24) is 4.98 Å². The Kier molecular flexibility index (Phi) is 4.60. The molecule has 4 nitrogen and oxygen atoms in total. The Balaban J connectivity index is 1.82. The minimum absolute atomic E-state index is 0.111. The van der Waals surface area contributed by atoms with Gasteiger partial charge in [0.2, 0.25) is 5.91 Å². The van der Waals surface area contributed by atoms with Gasteiger partial charge in [-0.2, -0.15) is 0 Å². The summed E-state index contributed by atoms with van der Waals surface area (Å²) in [6, 6.07) is 15.1. The molecule has 116 valence electrons. The highest BCUT2D eigenvalue weighted by Crippen LogP contribution is 2.30. The number of anilines is 3. The summed E-state index contributed by atoms with van der Waals surface area (Å²) in [5, 5.41) is 9.48. The topological polar surface area (TPSA) is 54.0 Å². The number of rotatable bonds is 4. The minimum atomic E-state index is -0.111. The molecule has 2 aromatic carbocycles. The highest BCUT2D eigenvalue weighted by Gasteiger charge is 2.08. The molecule has 0 aliphatic rings. The number of para-hydroxylation sites is 2. The molecule has 0 fully saturated rings. The van der Waals surface area contributed by atoms with E-state index in [-0.39, 0.29) is 5.91 Å². The second kappa shape index (κ2) is 6.81.